The Balaban J connectivity index is 1.19. The van der Waals surface area contributed by atoms with E-state index >= 15 is 0 Å². The number of aromatic nitrogens is 4. The molecule has 0 saturated carbocycles. The quantitative estimate of drug-likeness (QED) is 0.186. The molecule has 0 aliphatic carbocycles. The van der Waals surface area contributed by atoms with E-state index in [9.17, 15) is 0 Å². The van der Waals surface area contributed by atoms with Gasteiger partial charge in [0.1, 0.15) is 16.7 Å². The maximum atomic E-state index is 6.43. The molecule has 0 amide bonds. The number of furan rings is 2. The van der Waals surface area contributed by atoms with Crippen LogP contribution < -0.4 is 0 Å². The number of nitrogens with zero attached hydrogens (tertiary/aromatic N) is 4. The fourth-order valence-corrected chi connectivity index (χ4v) is 7.58. The van der Waals surface area contributed by atoms with Crippen molar-refractivity contribution in [2.24, 2.45) is 0 Å². The SMILES string of the molecule is c1ccc(-c2nc(-c3cc(-c4cncc5oc6cc7ccccc7cc6c45)c4ccccc4c3)nc(-c3cccc4oc5ccccc5c34)n2)cc1. The molecule has 0 aliphatic rings. The van der Waals surface area contributed by atoms with Crippen LogP contribution in [0.5, 0.6) is 0 Å². The summed E-state index contributed by atoms with van der Waals surface area (Å²) in [5, 5.41) is 8.53. The maximum Gasteiger partial charge on any atom is 0.164 e. The Morgan fingerprint density at radius 2 is 1.00 bits per heavy atom. The van der Waals surface area contributed by atoms with E-state index in [0.717, 1.165) is 93.2 Å². The highest BCUT2D eigenvalue weighted by Gasteiger charge is 2.20. The molecular formula is C46H26N4O2. The average Bonchev–Trinajstić information content (AvgIpc) is 3.78. The maximum absolute atomic E-state index is 6.43. The lowest BCUT2D eigenvalue weighted by molar-refractivity contribution is 0.667. The second-order valence-electron chi connectivity index (χ2n) is 13.1. The third-order valence-corrected chi connectivity index (χ3v) is 9.97. The molecule has 0 spiro atoms. The van der Waals surface area contributed by atoms with Gasteiger partial charge in [-0.2, -0.15) is 0 Å². The number of para-hydroxylation sites is 1. The van der Waals surface area contributed by atoms with Crippen molar-refractivity contribution in [2.45, 2.75) is 0 Å². The molecule has 0 atom stereocenters. The van der Waals surface area contributed by atoms with Crippen molar-refractivity contribution in [3.05, 3.63) is 158 Å². The second kappa shape index (κ2) is 11.2. The van der Waals surface area contributed by atoms with Gasteiger partial charge in [-0.1, -0.05) is 109 Å². The van der Waals surface area contributed by atoms with E-state index in [1.54, 1.807) is 6.20 Å². The standard InChI is InChI=1S/C46H26N4O2/c1-2-11-27(12-3-1)44-48-45(50-46(49-44)34-18-10-20-39-42(34)33-17-8-9-19-38(33)51-39)31-21-30-15-6-7-16-32(30)35(23-31)37-25-47-26-41-43(37)36-22-28-13-4-5-14-29(28)24-40(36)52-41/h1-26H. The molecule has 4 aromatic heterocycles. The largest absolute Gasteiger partial charge is 0.456 e. The number of rotatable bonds is 4. The zero-order chi connectivity index (χ0) is 34.2. The molecule has 0 saturated heterocycles. The fourth-order valence-electron chi connectivity index (χ4n) is 7.58. The van der Waals surface area contributed by atoms with Crippen molar-refractivity contribution in [3.8, 4) is 45.3 Å². The van der Waals surface area contributed by atoms with Crippen molar-refractivity contribution in [1.29, 1.82) is 0 Å². The van der Waals surface area contributed by atoms with Crippen molar-refractivity contribution in [1.82, 2.24) is 19.9 Å². The molecule has 6 heteroatoms. The van der Waals surface area contributed by atoms with Crippen LogP contribution in [0.4, 0.5) is 0 Å². The van der Waals surface area contributed by atoms with Gasteiger partial charge in [-0.05, 0) is 63.5 Å². The lowest BCUT2D eigenvalue weighted by Gasteiger charge is -2.13. The van der Waals surface area contributed by atoms with Crippen LogP contribution in [0.3, 0.4) is 0 Å². The summed E-state index contributed by atoms with van der Waals surface area (Å²) in [5.74, 6) is 1.74. The number of benzene rings is 7. The first-order valence-corrected chi connectivity index (χ1v) is 17.2. The normalized spacial score (nSPS) is 11.8. The zero-order valence-electron chi connectivity index (χ0n) is 27.6. The van der Waals surface area contributed by atoms with Gasteiger partial charge in [-0.25, -0.2) is 15.0 Å². The smallest absolute Gasteiger partial charge is 0.164 e. The molecule has 11 rings (SSSR count). The molecule has 0 radical (unpaired) electrons. The van der Waals surface area contributed by atoms with Gasteiger partial charge in [0.25, 0.3) is 0 Å². The predicted octanol–water partition coefficient (Wildman–Crippen LogP) is 12.0. The summed E-state index contributed by atoms with van der Waals surface area (Å²) >= 11 is 0. The third-order valence-electron chi connectivity index (χ3n) is 9.97. The van der Waals surface area contributed by atoms with Crippen LogP contribution in [0.2, 0.25) is 0 Å². The van der Waals surface area contributed by atoms with Crippen LogP contribution in [0, 0.1) is 0 Å². The molecule has 52 heavy (non-hydrogen) atoms. The second-order valence-corrected chi connectivity index (χ2v) is 13.1. The first-order chi connectivity index (χ1) is 25.7. The van der Waals surface area contributed by atoms with Crippen LogP contribution in [-0.2, 0) is 0 Å². The van der Waals surface area contributed by atoms with Crippen molar-refractivity contribution < 1.29 is 8.83 Å². The Labute approximate surface area is 296 Å². The molecule has 4 heterocycles. The minimum absolute atomic E-state index is 0.573. The third kappa shape index (κ3) is 4.44. The number of hydrogen-bond donors (Lipinski definition) is 0. The summed E-state index contributed by atoms with van der Waals surface area (Å²) in [6.45, 7) is 0. The number of pyridine rings is 1. The summed E-state index contributed by atoms with van der Waals surface area (Å²) in [7, 11) is 0. The Hall–Kier alpha value is -7.18. The zero-order valence-corrected chi connectivity index (χ0v) is 27.6. The summed E-state index contributed by atoms with van der Waals surface area (Å²) < 4.78 is 12.7. The Bertz CT molecular complexity index is 3200. The van der Waals surface area contributed by atoms with Crippen LogP contribution in [0.25, 0.3) is 111 Å². The number of hydrogen-bond acceptors (Lipinski definition) is 6. The molecule has 0 aliphatic heterocycles. The lowest BCUT2D eigenvalue weighted by Crippen LogP contribution is -2.01. The molecule has 242 valence electrons. The van der Waals surface area contributed by atoms with Crippen LogP contribution in [-0.4, -0.2) is 19.9 Å². The van der Waals surface area contributed by atoms with Crippen molar-refractivity contribution in [2.75, 3.05) is 0 Å². The van der Waals surface area contributed by atoms with E-state index in [0.29, 0.717) is 17.5 Å². The topological polar surface area (TPSA) is 77.8 Å². The van der Waals surface area contributed by atoms with E-state index < -0.39 is 0 Å². The number of fused-ring (bicyclic) bond motifs is 8. The summed E-state index contributed by atoms with van der Waals surface area (Å²) in [6, 6.07) is 49.7. The van der Waals surface area contributed by atoms with Gasteiger partial charge in [0.2, 0.25) is 0 Å². The first-order valence-electron chi connectivity index (χ1n) is 17.2. The first kappa shape index (κ1) is 28.6. The van der Waals surface area contributed by atoms with E-state index in [1.807, 2.05) is 66.9 Å². The lowest BCUT2D eigenvalue weighted by atomic mass is 9.93. The van der Waals surface area contributed by atoms with E-state index in [2.05, 4.69) is 89.9 Å². The van der Waals surface area contributed by atoms with Crippen molar-refractivity contribution in [3.63, 3.8) is 0 Å². The summed E-state index contributed by atoms with van der Waals surface area (Å²) in [4.78, 5) is 20.1. The van der Waals surface area contributed by atoms with Gasteiger partial charge in [0, 0.05) is 50.0 Å². The fraction of sp³-hybridized carbons (Fsp3) is 0. The molecular weight excluding hydrogens is 641 g/mol. The Morgan fingerprint density at radius 1 is 0.346 bits per heavy atom. The van der Waals surface area contributed by atoms with Gasteiger partial charge in [0.15, 0.2) is 23.1 Å². The minimum Gasteiger partial charge on any atom is -0.456 e. The average molecular weight is 667 g/mol. The van der Waals surface area contributed by atoms with Gasteiger partial charge >= 0.3 is 0 Å². The molecule has 6 nitrogen and oxygen atoms in total. The van der Waals surface area contributed by atoms with Crippen molar-refractivity contribution >= 4 is 65.4 Å². The molecule has 0 bridgehead atoms. The Morgan fingerprint density at radius 3 is 1.87 bits per heavy atom. The van der Waals surface area contributed by atoms with Crippen LogP contribution in [0.1, 0.15) is 0 Å². The molecule has 0 unspecified atom stereocenters. The summed E-state index contributed by atoms with van der Waals surface area (Å²) in [6.07, 6.45) is 3.75. The highest BCUT2D eigenvalue weighted by atomic mass is 16.3. The summed E-state index contributed by atoms with van der Waals surface area (Å²) in [5.41, 5.74) is 7.85. The monoisotopic (exact) mass is 666 g/mol. The molecule has 11 aromatic rings. The van der Waals surface area contributed by atoms with Gasteiger partial charge in [-0.3, -0.25) is 4.98 Å². The van der Waals surface area contributed by atoms with Gasteiger partial charge < -0.3 is 8.83 Å². The minimum atomic E-state index is 0.573. The Kier molecular flexibility index (Phi) is 6.15. The molecule has 0 N–H and O–H groups in total. The van der Waals surface area contributed by atoms with Gasteiger partial charge in [0.05, 0.1) is 6.20 Å². The molecule has 7 aromatic carbocycles. The highest BCUT2D eigenvalue weighted by molar-refractivity contribution is 6.18. The van der Waals surface area contributed by atoms with Crippen LogP contribution >= 0.6 is 0 Å². The van der Waals surface area contributed by atoms with Gasteiger partial charge in [-0.15, -0.1) is 0 Å². The van der Waals surface area contributed by atoms with Crippen LogP contribution in [0.15, 0.2) is 167 Å². The van der Waals surface area contributed by atoms with E-state index in [1.165, 1.54) is 0 Å². The molecule has 0 fully saturated rings. The predicted molar refractivity (Wildman–Crippen MR) is 209 cm³/mol. The van der Waals surface area contributed by atoms with E-state index in [-0.39, 0.29) is 0 Å². The highest BCUT2D eigenvalue weighted by Crippen LogP contribution is 2.42. The van der Waals surface area contributed by atoms with E-state index in [4.69, 9.17) is 23.8 Å².